The number of hydrogen-bond donors (Lipinski definition) is 0. The molecule has 0 saturated carbocycles. The summed E-state index contributed by atoms with van der Waals surface area (Å²) < 4.78 is 11.0. The minimum Gasteiger partial charge on any atom is -0.383 e. The smallest absolute Gasteiger partial charge is 0.0702 e. The summed E-state index contributed by atoms with van der Waals surface area (Å²) in [6.45, 7) is 9.83. The van der Waals surface area contributed by atoms with Crippen LogP contribution in [-0.2, 0) is 9.47 Å². The van der Waals surface area contributed by atoms with E-state index < -0.39 is 0 Å². The predicted octanol–water partition coefficient (Wildman–Crippen LogP) is 1.21. The van der Waals surface area contributed by atoms with Gasteiger partial charge in [0, 0.05) is 52.5 Å². The Hall–Kier alpha value is -0.160. The Morgan fingerprint density at radius 2 is 2.17 bits per heavy atom. The number of rotatable bonds is 5. The van der Waals surface area contributed by atoms with Crippen LogP contribution in [0.5, 0.6) is 0 Å². The van der Waals surface area contributed by atoms with Gasteiger partial charge in [-0.2, -0.15) is 0 Å². The van der Waals surface area contributed by atoms with Gasteiger partial charge >= 0.3 is 0 Å². The average Bonchev–Trinajstić information content (AvgIpc) is 2.39. The lowest BCUT2D eigenvalue weighted by atomic mass is 10.1. The Labute approximate surface area is 111 Å². The van der Waals surface area contributed by atoms with E-state index in [0.717, 1.165) is 32.8 Å². The maximum absolute atomic E-state index is 5.83. The van der Waals surface area contributed by atoms with E-state index in [1.165, 1.54) is 32.4 Å². The second-order valence-electron chi connectivity index (χ2n) is 5.63. The van der Waals surface area contributed by atoms with Crippen LogP contribution in [0.25, 0.3) is 0 Å². The van der Waals surface area contributed by atoms with Gasteiger partial charge in [0.25, 0.3) is 0 Å². The maximum Gasteiger partial charge on any atom is 0.0702 e. The normalized spacial score (nSPS) is 31.7. The Bertz CT molecular complexity index is 232. The van der Waals surface area contributed by atoms with Gasteiger partial charge in [0.2, 0.25) is 0 Å². The molecular formula is C14H28N2O2. The molecule has 2 aliphatic heterocycles. The summed E-state index contributed by atoms with van der Waals surface area (Å²) in [6.07, 6.45) is 4.32. The molecule has 4 nitrogen and oxygen atoms in total. The fourth-order valence-corrected chi connectivity index (χ4v) is 3.02. The molecule has 2 rings (SSSR count). The number of piperazine rings is 1. The molecule has 2 fully saturated rings. The van der Waals surface area contributed by atoms with E-state index in [4.69, 9.17) is 9.47 Å². The molecule has 2 unspecified atom stereocenters. The summed E-state index contributed by atoms with van der Waals surface area (Å²) in [7, 11) is 1.78. The molecule has 0 aromatic carbocycles. The Morgan fingerprint density at radius 3 is 2.83 bits per heavy atom. The highest BCUT2D eigenvalue weighted by Crippen LogP contribution is 2.16. The van der Waals surface area contributed by atoms with Gasteiger partial charge in [-0.05, 0) is 26.2 Å². The highest BCUT2D eigenvalue weighted by molar-refractivity contribution is 4.81. The molecule has 106 valence electrons. The summed E-state index contributed by atoms with van der Waals surface area (Å²) in [5.41, 5.74) is 0. The van der Waals surface area contributed by atoms with Crippen molar-refractivity contribution in [1.82, 2.24) is 9.80 Å². The lowest BCUT2D eigenvalue weighted by Crippen LogP contribution is -2.54. The van der Waals surface area contributed by atoms with Crippen molar-refractivity contribution in [2.75, 3.05) is 53.0 Å². The summed E-state index contributed by atoms with van der Waals surface area (Å²) in [5.74, 6) is 0. The predicted molar refractivity (Wildman–Crippen MR) is 72.9 cm³/mol. The molecule has 2 saturated heterocycles. The van der Waals surface area contributed by atoms with Crippen molar-refractivity contribution in [3.63, 3.8) is 0 Å². The van der Waals surface area contributed by atoms with E-state index in [9.17, 15) is 0 Å². The molecule has 0 aromatic heterocycles. The van der Waals surface area contributed by atoms with Crippen LogP contribution in [-0.4, -0.2) is 75.0 Å². The van der Waals surface area contributed by atoms with Gasteiger partial charge in [0.15, 0.2) is 0 Å². The second-order valence-corrected chi connectivity index (χ2v) is 5.63. The highest BCUT2D eigenvalue weighted by Gasteiger charge is 2.25. The molecule has 4 heteroatoms. The molecular weight excluding hydrogens is 228 g/mol. The van der Waals surface area contributed by atoms with Gasteiger partial charge in [-0.3, -0.25) is 9.80 Å². The first-order valence-electron chi connectivity index (χ1n) is 7.36. The maximum atomic E-state index is 5.83. The largest absolute Gasteiger partial charge is 0.383 e. The standard InChI is InChI=1S/C14H28N2O2/c1-13-11-15(6-7-16(13)8-10-17-2)12-14-5-3-4-9-18-14/h13-14H,3-12H2,1-2H3. The van der Waals surface area contributed by atoms with Gasteiger partial charge in [-0.15, -0.1) is 0 Å². The number of methoxy groups -OCH3 is 1. The minimum atomic E-state index is 0.483. The zero-order valence-corrected chi connectivity index (χ0v) is 11.9. The van der Waals surface area contributed by atoms with Crippen LogP contribution in [0, 0.1) is 0 Å². The van der Waals surface area contributed by atoms with Crippen LogP contribution in [0.1, 0.15) is 26.2 Å². The third kappa shape index (κ3) is 4.19. The summed E-state index contributed by atoms with van der Waals surface area (Å²) >= 11 is 0. The van der Waals surface area contributed by atoms with Crippen LogP contribution in [0.4, 0.5) is 0 Å². The van der Waals surface area contributed by atoms with Crippen LogP contribution < -0.4 is 0 Å². The van der Waals surface area contributed by atoms with Gasteiger partial charge in [0.05, 0.1) is 12.7 Å². The van der Waals surface area contributed by atoms with E-state index in [1.54, 1.807) is 7.11 Å². The molecule has 18 heavy (non-hydrogen) atoms. The Balaban J connectivity index is 1.70. The number of nitrogens with zero attached hydrogens (tertiary/aromatic N) is 2. The fraction of sp³-hybridized carbons (Fsp3) is 1.00. The second kappa shape index (κ2) is 7.43. The lowest BCUT2D eigenvalue weighted by Gasteiger charge is -2.41. The summed E-state index contributed by atoms with van der Waals surface area (Å²) in [5, 5.41) is 0. The molecule has 0 spiro atoms. The van der Waals surface area contributed by atoms with Gasteiger partial charge in [0.1, 0.15) is 0 Å². The molecule has 0 radical (unpaired) electrons. The van der Waals surface area contributed by atoms with E-state index >= 15 is 0 Å². The SMILES string of the molecule is COCCN1CCN(CC2CCCCO2)CC1C. The first-order chi connectivity index (χ1) is 8.79. The molecule has 0 amide bonds. The first kappa shape index (κ1) is 14.3. The van der Waals surface area contributed by atoms with Crippen molar-refractivity contribution in [2.45, 2.75) is 38.3 Å². The highest BCUT2D eigenvalue weighted by atomic mass is 16.5. The monoisotopic (exact) mass is 256 g/mol. The molecule has 2 atom stereocenters. The molecule has 0 bridgehead atoms. The van der Waals surface area contributed by atoms with Crippen molar-refractivity contribution in [1.29, 1.82) is 0 Å². The topological polar surface area (TPSA) is 24.9 Å². The zero-order chi connectivity index (χ0) is 12.8. The van der Waals surface area contributed by atoms with E-state index in [1.807, 2.05) is 0 Å². The van der Waals surface area contributed by atoms with Crippen LogP contribution >= 0.6 is 0 Å². The van der Waals surface area contributed by atoms with Crippen LogP contribution in [0.3, 0.4) is 0 Å². The van der Waals surface area contributed by atoms with Gasteiger partial charge in [-0.1, -0.05) is 0 Å². The van der Waals surface area contributed by atoms with Crippen molar-refractivity contribution < 1.29 is 9.47 Å². The molecule has 2 aliphatic rings. The summed E-state index contributed by atoms with van der Waals surface area (Å²) in [6, 6.07) is 0.637. The zero-order valence-electron chi connectivity index (χ0n) is 11.9. The van der Waals surface area contributed by atoms with E-state index in [2.05, 4.69) is 16.7 Å². The third-order valence-corrected chi connectivity index (χ3v) is 4.17. The minimum absolute atomic E-state index is 0.483. The van der Waals surface area contributed by atoms with Gasteiger partial charge < -0.3 is 9.47 Å². The Morgan fingerprint density at radius 1 is 1.28 bits per heavy atom. The molecule has 0 aliphatic carbocycles. The van der Waals surface area contributed by atoms with Crippen molar-refractivity contribution in [2.24, 2.45) is 0 Å². The lowest BCUT2D eigenvalue weighted by molar-refractivity contribution is -0.0229. The van der Waals surface area contributed by atoms with E-state index in [-0.39, 0.29) is 0 Å². The summed E-state index contributed by atoms with van der Waals surface area (Å²) in [4.78, 5) is 5.10. The fourth-order valence-electron chi connectivity index (χ4n) is 3.02. The van der Waals surface area contributed by atoms with E-state index in [0.29, 0.717) is 12.1 Å². The molecule has 0 aromatic rings. The number of ether oxygens (including phenoxy) is 2. The van der Waals surface area contributed by atoms with Gasteiger partial charge in [-0.25, -0.2) is 0 Å². The molecule has 2 heterocycles. The first-order valence-corrected chi connectivity index (χ1v) is 7.36. The van der Waals surface area contributed by atoms with Crippen LogP contribution in [0.15, 0.2) is 0 Å². The van der Waals surface area contributed by atoms with Crippen LogP contribution in [0.2, 0.25) is 0 Å². The quantitative estimate of drug-likeness (QED) is 0.738. The molecule has 0 N–H and O–H groups in total. The van der Waals surface area contributed by atoms with Crippen molar-refractivity contribution >= 4 is 0 Å². The van der Waals surface area contributed by atoms with Crippen molar-refractivity contribution in [3.8, 4) is 0 Å². The Kier molecular flexibility index (Phi) is 5.89. The average molecular weight is 256 g/mol. The number of hydrogen-bond acceptors (Lipinski definition) is 4. The third-order valence-electron chi connectivity index (χ3n) is 4.17. The van der Waals surface area contributed by atoms with Crippen molar-refractivity contribution in [3.05, 3.63) is 0 Å².